The molecule has 1 heterocycles. The summed E-state index contributed by atoms with van der Waals surface area (Å²) in [5, 5.41) is 7.18. The maximum atomic E-state index is 13.4. The molecule has 0 saturated carbocycles. The Kier molecular flexibility index (Phi) is 6.35. The van der Waals surface area contributed by atoms with Gasteiger partial charge in [-0.3, -0.25) is 9.69 Å². The van der Waals surface area contributed by atoms with Gasteiger partial charge in [-0.15, -0.1) is 0 Å². The first-order chi connectivity index (χ1) is 14.5. The molecule has 0 aliphatic carbocycles. The predicted octanol–water partition coefficient (Wildman–Crippen LogP) is 3.55. The van der Waals surface area contributed by atoms with E-state index in [1.807, 2.05) is 0 Å². The second kappa shape index (κ2) is 8.66. The number of H-pyrrole nitrogens is 1. The minimum atomic E-state index is -4.16. The molecule has 31 heavy (non-hydrogen) atoms. The minimum absolute atomic E-state index is 0.168. The lowest BCUT2D eigenvalue weighted by molar-refractivity contribution is 0.187. The average molecular weight is 467 g/mol. The molecule has 8 nitrogen and oxygen atoms in total. The van der Waals surface area contributed by atoms with Gasteiger partial charge in [-0.25, -0.2) is 22.7 Å². The number of aromatic amines is 1. The lowest BCUT2D eigenvalue weighted by Gasteiger charge is -2.34. The number of rotatable bonds is 5. The van der Waals surface area contributed by atoms with Crippen LogP contribution in [0.5, 0.6) is 0 Å². The van der Waals surface area contributed by atoms with E-state index in [9.17, 15) is 22.4 Å². The van der Waals surface area contributed by atoms with E-state index in [1.165, 1.54) is 25.3 Å². The number of primary sulfonamides is 1. The summed E-state index contributed by atoms with van der Waals surface area (Å²) < 4.78 is 37.6. The van der Waals surface area contributed by atoms with Crippen LogP contribution in [0.3, 0.4) is 0 Å². The molecule has 1 aromatic heterocycles. The SMILES string of the molecule is CC(c1c[nH]c(=O)c2ccccc12)N(C(=O)Nc1ccc(F)c(Cl)c1)C(C)S(N)(=O)=O. The number of urea groups is 1. The molecule has 0 aliphatic heterocycles. The quantitative estimate of drug-likeness (QED) is 0.531. The van der Waals surface area contributed by atoms with Gasteiger partial charge >= 0.3 is 6.03 Å². The normalized spacial score (nSPS) is 13.6. The number of hydrogen-bond donors (Lipinski definition) is 3. The summed E-state index contributed by atoms with van der Waals surface area (Å²) in [7, 11) is -4.16. The minimum Gasteiger partial charge on any atom is -0.328 e. The number of halogens is 2. The van der Waals surface area contributed by atoms with Gasteiger partial charge in [0.05, 0.1) is 11.1 Å². The molecule has 2 unspecified atom stereocenters. The first kappa shape index (κ1) is 22.7. The lowest BCUT2D eigenvalue weighted by Crippen LogP contribution is -2.48. The van der Waals surface area contributed by atoms with Gasteiger partial charge < -0.3 is 10.3 Å². The van der Waals surface area contributed by atoms with Crippen LogP contribution in [0.25, 0.3) is 10.8 Å². The van der Waals surface area contributed by atoms with Gasteiger partial charge in [-0.05, 0) is 49.1 Å². The van der Waals surface area contributed by atoms with Crippen LogP contribution in [0.1, 0.15) is 25.5 Å². The Labute approximate surface area is 182 Å². The van der Waals surface area contributed by atoms with Crippen molar-refractivity contribution in [2.45, 2.75) is 25.3 Å². The summed E-state index contributed by atoms with van der Waals surface area (Å²) in [5.74, 6) is -0.664. The van der Waals surface area contributed by atoms with Crippen molar-refractivity contribution in [2.24, 2.45) is 5.14 Å². The third-order valence-corrected chi connectivity index (χ3v) is 6.45. The molecule has 11 heteroatoms. The van der Waals surface area contributed by atoms with Crippen molar-refractivity contribution < 1.29 is 17.6 Å². The Morgan fingerprint density at radius 2 is 1.84 bits per heavy atom. The maximum absolute atomic E-state index is 13.4. The fourth-order valence-electron chi connectivity index (χ4n) is 3.30. The summed E-state index contributed by atoms with van der Waals surface area (Å²) in [6, 6.07) is 8.70. The first-order valence-corrected chi connectivity index (χ1v) is 11.2. The van der Waals surface area contributed by atoms with Gasteiger partial charge in [-0.2, -0.15) is 0 Å². The number of carbonyl (C=O) groups excluding carboxylic acids is 1. The molecule has 0 bridgehead atoms. The molecule has 3 rings (SSSR count). The monoisotopic (exact) mass is 466 g/mol. The maximum Gasteiger partial charge on any atom is 0.323 e. The van der Waals surface area contributed by atoms with Crippen LogP contribution in [-0.4, -0.2) is 29.7 Å². The van der Waals surface area contributed by atoms with Gasteiger partial charge in [0.2, 0.25) is 10.0 Å². The van der Waals surface area contributed by atoms with E-state index in [4.69, 9.17) is 16.7 Å². The van der Waals surface area contributed by atoms with Crippen LogP contribution in [0, 0.1) is 5.82 Å². The Morgan fingerprint density at radius 3 is 2.45 bits per heavy atom. The molecular weight excluding hydrogens is 447 g/mol. The summed E-state index contributed by atoms with van der Waals surface area (Å²) in [6.45, 7) is 2.88. The number of carbonyl (C=O) groups is 1. The topological polar surface area (TPSA) is 125 Å². The molecule has 4 N–H and O–H groups in total. The fourth-order valence-corrected chi connectivity index (χ4v) is 4.08. The van der Waals surface area contributed by atoms with Crippen molar-refractivity contribution in [1.82, 2.24) is 9.88 Å². The van der Waals surface area contributed by atoms with Crippen molar-refractivity contribution in [3.63, 3.8) is 0 Å². The van der Waals surface area contributed by atoms with Crippen LogP contribution in [0.15, 0.2) is 53.5 Å². The molecular formula is C20H20ClFN4O4S. The van der Waals surface area contributed by atoms with Crippen LogP contribution < -0.4 is 16.0 Å². The van der Waals surface area contributed by atoms with Gasteiger partial charge in [0.25, 0.3) is 5.56 Å². The largest absolute Gasteiger partial charge is 0.328 e. The van der Waals surface area contributed by atoms with Crippen molar-refractivity contribution in [3.05, 3.63) is 75.4 Å². The van der Waals surface area contributed by atoms with E-state index < -0.39 is 33.3 Å². The summed E-state index contributed by atoms with van der Waals surface area (Å²) in [6.07, 6.45) is 1.43. The standard InChI is InChI=1S/C20H20ClFN4O4S/c1-11(16-10-24-19(27)15-6-4-3-5-14(15)16)26(12(2)31(23,29)30)20(28)25-13-7-8-18(22)17(21)9-13/h3-12H,1-2H3,(H,24,27)(H,25,28)(H2,23,29,30). The highest BCUT2D eigenvalue weighted by molar-refractivity contribution is 7.89. The Balaban J connectivity index is 2.07. The number of benzene rings is 2. The molecule has 2 aromatic carbocycles. The van der Waals surface area contributed by atoms with E-state index >= 15 is 0 Å². The molecule has 0 radical (unpaired) electrons. The van der Waals surface area contributed by atoms with Gasteiger partial charge in [-0.1, -0.05) is 29.8 Å². The highest BCUT2D eigenvalue weighted by Crippen LogP contribution is 2.29. The number of nitrogens with zero attached hydrogens (tertiary/aromatic N) is 1. The Morgan fingerprint density at radius 1 is 1.19 bits per heavy atom. The van der Waals surface area contributed by atoms with Gasteiger partial charge in [0.15, 0.2) is 0 Å². The van der Waals surface area contributed by atoms with E-state index in [0.29, 0.717) is 16.3 Å². The van der Waals surface area contributed by atoms with Crippen molar-refractivity contribution in [3.8, 4) is 0 Å². The van der Waals surface area contributed by atoms with Crippen molar-refractivity contribution in [1.29, 1.82) is 0 Å². The number of fused-ring (bicyclic) bond motifs is 1. The fraction of sp³-hybridized carbons (Fsp3) is 0.200. The van der Waals surface area contributed by atoms with E-state index in [2.05, 4.69) is 10.3 Å². The molecule has 0 fully saturated rings. The lowest BCUT2D eigenvalue weighted by atomic mass is 10.0. The van der Waals surface area contributed by atoms with E-state index in [1.54, 1.807) is 31.2 Å². The molecule has 0 spiro atoms. The van der Waals surface area contributed by atoms with Crippen molar-refractivity contribution >= 4 is 44.1 Å². The predicted molar refractivity (Wildman–Crippen MR) is 118 cm³/mol. The van der Waals surface area contributed by atoms with Crippen LogP contribution in [0.4, 0.5) is 14.9 Å². The number of hydrogen-bond acceptors (Lipinski definition) is 4. The second-order valence-corrected chi connectivity index (χ2v) is 9.22. The number of nitrogens with two attached hydrogens (primary N) is 1. The molecule has 2 atom stereocenters. The molecule has 3 aromatic rings. The molecule has 0 saturated heterocycles. The summed E-state index contributed by atoms with van der Waals surface area (Å²) in [4.78, 5) is 28.9. The van der Waals surface area contributed by atoms with Crippen LogP contribution in [-0.2, 0) is 10.0 Å². The summed E-state index contributed by atoms with van der Waals surface area (Å²) >= 11 is 5.76. The number of nitrogens with one attached hydrogen (secondary N) is 2. The molecule has 2 amide bonds. The van der Waals surface area contributed by atoms with E-state index in [0.717, 1.165) is 11.0 Å². The average Bonchev–Trinajstić information content (AvgIpc) is 2.70. The van der Waals surface area contributed by atoms with Crippen LogP contribution in [0.2, 0.25) is 5.02 Å². The van der Waals surface area contributed by atoms with Gasteiger partial charge in [0, 0.05) is 17.3 Å². The zero-order valence-corrected chi connectivity index (χ0v) is 18.2. The third kappa shape index (κ3) is 4.71. The number of amides is 2. The van der Waals surface area contributed by atoms with Crippen molar-refractivity contribution in [2.75, 3.05) is 5.32 Å². The number of aromatic nitrogens is 1. The zero-order valence-electron chi connectivity index (χ0n) is 16.6. The highest BCUT2D eigenvalue weighted by atomic mass is 35.5. The van der Waals surface area contributed by atoms with Gasteiger partial charge in [0.1, 0.15) is 11.2 Å². The third-order valence-electron chi connectivity index (χ3n) is 4.98. The molecule has 164 valence electrons. The smallest absolute Gasteiger partial charge is 0.323 e. The second-order valence-electron chi connectivity index (χ2n) is 6.95. The molecule has 0 aliphatic rings. The number of pyridine rings is 1. The Bertz CT molecular complexity index is 1310. The van der Waals surface area contributed by atoms with E-state index in [-0.39, 0.29) is 16.3 Å². The first-order valence-electron chi connectivity index (χ1n) is 9.17. The Hall–Kier alpha value is -2.95. The zero-order chi connectivity index (χ0) is 22.9. The highest BCUT2D eigenvalue weighted by Gasteiger charge is 2.34. The number of anilines is 1. The van der Waals surface area contributed by atoms with Crippen LogP contribution >= 0.6 is 11.6 Å². The summed E-state index contributed by atoms with van der Waals surface area (Å²) in [5.41, 5.74) is 0.363. The number of sulfonamides is 1.